The molecule has 2 unspecified atom stereocenters. The summed E-state index contributed by atoms with van der Waals surface area (Å²) in [7, 11) is 1.94. The molecular formula is C21H26N4O. The van der Waals surface area contributed by atoms with Crippen LogP contribution in [-0.4, -0.2) is 32.8 Å². The van der Waals surface area contributed by atoms with Gasteiger partial charge < -0.3 is 10.2 Å². The summed E-state index contributed by atoms with van der Waals surface area (Å²) in [5.41, 5.74) is 4.59. The summed E-state index contributed by atoms with van der Waals surface area (Å²) in [4.78, 5) is 14.8. The van der Waals surface area contributed by atoms with E-state index in [0.29, 0.717) is 12.1 Å². The van der Waals surface area contributed by atoms with E-state index in [9.17, 15) is 4.79 Å². The summed E-state index contributed by atoms with van der Waals surface area (Å²) < 4.78 is 1.83. The largest absolute Gasteiger partial charge is 0.322 e. The number of piperidine rings is 1. The van der Waals surface area contributed by atoms with Gasteiger partial charge in [0.25, 0.3) is 0 Å². The van der Waals surface area contributed by atoms with Crippen molar-refractivity contribution in [3.8, 4) is 11.3 Å². The number of nitrogens with one attached hydrogen (secondary N) is 1. The minimum Gasteiger partial charge on any atom is -0.318 e. The van der Waals surface area contributed by atoms with Gasteiger partial charge in [-0.1, -0.05) is 13.0 Å². The molecule has 2 bridgehead atoms. The Kier molecular flexibility index (Phi) is 3.43. The number of urea groups is 1. The van der Waals surface area contributed by atoms with Crippen molar-refractivity contribution in [1.82, 2.24) is 14.7 Å². The summed E-state index contributed by atoms with van der Waals surface area (Å²) in [5, 5.41) is 7.75. The average molecular weight is 350 g/mol. The van der Waals surface area contributed by atoms with Crippen LogP contribution in [0.4, 0.5) is 10.5 Å². The van der Waals surface area contributed by atoms with E-state index in [1.807, 2.05) is 17.9 Å². The van der Waals surface area contributed by atoms with Crippen LogP contribution >= 0.6 is 0 Å². The van der Waals surface area contributed by atoms with Gasteiger partial charge >= 0.3 is 6.03 Å². The molecule has 5 heteroatoms. The summed E-state index contributed by atoms with van der Waals surface area (Å²) in [6, 6.07) is 9.36. The molecule has 136 valence electrons. The summed E-state index contributed by atoms with van der Waals surface area (Å²) in [6.45, 7) is 2.31. The molecule has 0 radical (unpaired) electrons. The van der Waals surface area contributed by atoms with Gasteiger partial charge in [-0.15, -0.1) is 0 Å². The van der Waals surface area contributed by atoms with Crippen LogP contribution in [0.3, 0.4) is 0 Å². The zero-order valence-corrected chi connectivity index (χ0v) is 15.5. The van der Waals surface area contributed by atoms with E-state index in [1.54, 1.807) is 0 Å². The third-order valence-corrected chi connectivity index (χ3v) is 6.55. The van der Waals surface area contributed by atoms with Crippen molar-refractivity contribution < 1.29 is 4.79 Å². The second-order valence-electron chi connectivity index (χ2n) is 8.51. The second kappa shape index (κ2) is 5.60. The quantitative estimate of drug-likeness (QED) is 0.897. The third kappa shape index (κ3) is 2.52. The molecule has 3 aliphatic rings. The minimum absolute atomic E-state index is 0.0586. The van der Waals surface area contributed by atoms with Crippen LogP contribution < -0.4 is 5.32 Å². The van der Waals surface area contributed by atoms with Crippen molar-refractivity contribution in [2.75, 3.05) is 5.32 Å². The fourth-order valence-corrected chi connectivity index (χ4v) is 4.70. The van der Waals surface area contributed by atoms with E-state index in [0.717, 1.165) is 29.8 Å². The molecule has 1 N–H and O–H groups in total. The smallest absolute Gasteiger partial charge is 0.318 e. The third-order valence-electron chi connectivity index (χ3n) is 6.55. The average Bonchev–Trinajstić information content (AvgIpc) is 3.22. The topological polar surface area (TPSA) is 50.2 Å². The molecule has 5 nitrogen and oxygen atoms in total. The molecule has 2 aliphatic heterocycles. The molecule has 0 spiro atoms. The Hall–Kier alpha value is -2.30. The lowest BCUT2D eigenvalue weighted by Crippen LogP contribution is -2.62. The van der Waals surface area contributed by atoms with Crippen LogP contribution in [0, 0.1) is 0 Å². The Morgan fingerprint density at radius 1 is 1.23 bits per heavy atom. The lowest BCUT2D eigenvalue weighted by molar-refractivity contribution is 0.0173. The maximum Gasteiger partial charge on any atom is 0.322 e. The van der Waals surface area contributed by atoms with Crippen LogP contribution in [-0.2, 0) is 12.5 Å². The highest BCUT2D eigenvalue weighted by Crippen LogP contribution is 2.51. The zero-order chi connectivity index (χ0) is 17.9. The first-order valence-corrected chi connectivity index (χ1v) is 9.77. The first-order valence-electron chi connectivity index (χ1n) is 9.77. The van der Waals surface area contributed by atoms with Crippen LogP contribution in [0.5, 0.6) is 0 Å². The van der Waals surface area contributed by atoms with E-state index >= 15 is 0 Å². The van der Waals surface area contributed by atoms with Gasteiger partial charge in [0.2, 0.25) is 0 Å². The predicted molar refractivity (Wildman–Crippen MR) is 102 cm³/mol. The molecule has 1 aliphatic carbocycles. The number of hydrogen-bond donors (Lipinski definition) is 1. The Morgan fingerprint density at radius 2 is 2.00 bits per heavy atom. The van der Waals surface area contributed by atoms with Crippen molar-refractivity contribution in [2.45, 2.75) is 62.9 Å². The summed E-state index contributed by atoms with van der Waals surface area (Å²) >= 11 is 0. The van der Waals surface area contributed by atoms with E-state index in [2.05, 4.69) is 46.5 Å². The zero-order valence-electron chi connectivity index (χ0n) is 15.5. The minimum atomic E-state index is 0.0586. The Labute approximate surface area is 154 Å². The maximum absolute atomic E-state index is 12.7. The molecule has 2 aromatic rings. The van der Waals surface area contributed by atoms with Gasteiger partial charge in [-0.3, -0.25) is 4.68 Å². The van der Waals surface area contributed by atoms with Gasteiger partial charge in [-0.05, 0) is 67.7 Å². The number of benzene rings is 1. The molecule has 1 aromatic heterocycles. The molecule has 2 amide bonds. The van der Waals surface area contributed by atoms with E-state index in [-0.39, 0.29) is 11.4 Å². The van der Waals surface area contributed by atoms with Crippen LogP contribution in [0.2, 0.25) is 0 Å². The molecule has 2 saturated heterocycles. The number of aryl methyl sites for hydroxylation is 1. The van der Waals surface area contributed by atoms with Gasteiger partial charge in [-0.2, -0.15) is 5.10 Å². The highest BCUT2D eigenvalue weighted by atomic mass is 16.2. The Balaban J connectivity index is 1.44. The van der Waals surface area contributed by atoms with E-state index in [4.69, 9.17) is 0 Å². The molecule has 26 heavy (non-hydrogen) atoms. The van der Waals surface area contributed by atoms with Gasteiger partial charge in [0.15, 0.2) is 0 Å². The molecule has 5 rings (SSSR count). The van der Waals surface area contributed by atoms with Gasteiger partial charge in [-0.25, -0.2) is 4.79 Å². The number of aromatic nitrogens is 2. The number of nitrogens with zero attached hydrogens (tertiary/aromatic N) is 3. The monoisotopic (exact) mass is 350 g/mol. The molecular weight excluding hydrogens is 324 g/mol. The number of fused-ring (bicyclic) bond motifs is 2. The SMILES string of the molecule is Cn1ccc(-c2cc(NC(=O)N3C4CCCC3C4)ccc2C2(C)CC2)n1. The van der Waals surface area contributed by atoms with Gasteiger partial charge in [0.05, 0.1) is 5.69 Å². The van der Waals surface area contributed by atoms with Crippen molar-refractivity contribution in [3.63, 3.8) is 0 Å². The predicted octanol–water partition coefficient (Wildman–Crippen LogP) is 4.30. The van der Waals surface area contributed by atoms with E-state index in [1.165, 1.54) is 31.2 Å². The maximum atomic E-state index is 12.7. The molecule has 3 heterocycles. The standard InChI is InChI=1S/C21H26N4O/c1-21(9-10-21)18-7-6-14(12-17(18)19-8-11-24(2)23-19)22-20(26)25-15-4-3-5-16(25)13-15/h6-8,11-12,15-16H,3-5,9-10,13H2,1-2H3,(H,22,26). The number of anilines is 1. The lowest BCUT2D eigenvalue weighted by Gasteiger charge is -2.52. The second-order valence-corrected chi connectivity index (χ2v) is 8.51. The van der Waals surface area contributed by atoms with Crippen molar-refractivity contribution >= 4 is 11.7 Å². The Bertz CT molecular complexity index is 853. The first kappa shape index (κ1) is 15.9. The number of hydrogen-bond acceptors (Lipinski definition) is 2. The molecule has 2 atom stereocenters. The van der Waals surface area contributed by atoms with Crippen molar-refractivity contribution in [1.29, 1.82) is 0 Å². The van der Waals surface area contributed by atoms with Gasteiger partial charge in [0, 0.05) is 36.6 Å². The number of carbonyl (C=O) groups excluding carboxylic acids is 1. The number of rotatable bonds is 3. The van der Waals surface area contributed by atoms with Gasteiger partial charge in [0.1, 0.15) is 0 Å². The van der Waals surface area contributed by atoms with Crippen LogP contribution in [0.15, 0.2) is 30.5 Å². The first-order chi connectivity index (χ1) is 12.5. The van der Waals surface area contributed by atoms with Crippen molar-refractivity contribution in [3.05, 3.63) is 36.0 Å². The van der Waals surface area contributed by atoms with Crippen LogP contribution in [0.1, 0.15) is 51.0 Å². The van der Waals surface area contributed by atoms with Crippen LogP contribution in [0.25, 0.3) is 11.3 Å². The molecule has 1 saturated carbocycles. The molecule has 1 aromatic carbocycles. The van der Waals surface area contributed by atoms with E-state index < -0.39 is 0 Å². The van der Waals surface area contributed by atoms with Crippen molar-refractivity contribution in [2.24, 2.45) is 7.05 Å². The Morgan fingerprint density at radius 3 is 2.62 bits per heavy atom. The lowest BCUT2D eigenvalue weighted by atomic mass is 9.80. The summed E-state index contributed by atoms with van der Waals surface area (Å²) in [6.07, 6.45) is 9.16. The number of amides is 2. The highest BCUT2D eigenvalue weighted by molar-refractivity contribution is 5.91. The fourth-order valence-electron chi connectivity index (χ4n) is 4.70. The number of carbonyl (C=O) groups is 1. The summed E-state index contributed by atoms with van der Waals surface area (Å²) in [5.74, 6) is 0. The molecule has 3 fully saturated rings. The fraction of sp³-hybridized carbons (Fsp3) is 0.524. The highest BCUT2D eigenvalue weighted by Gasteiger charge is 2.44. The normalized spacial score (nSPS) is 25.5.